The zero-order chi connectivity index (χ0) is 14.8. The lowest BCUT2D eigenvalue weighted by atomic mass is 10.0. The van der Waals surface area contributed by atoms with Crippen LogP contribution in [0.3, 0.4) is 0 Å². The van der Waals surface area contributed by atoms with Crippen LogP contribution in [0.5, 0.6) is 11.5 Å². The fourth-order valence-electron chi connectivity index (χ4n) is 3.17. The molecule has 0 bridgehead atoms. The molecule has 2 unspecified atom stereocenters. The molecule has 1 aromatic carbocycles. The van der Waals surface area contributed by atoms with Gasteiger partial charge >= 0.3 is 0 Å². The maximum absolute atomic E-state index is 12.6. The van der Waals surface area contributed by atoms with E-state index in [0.29, 0.717) is 6.54 Å². The summed E-state index contributed by atoms with van der Waals surface area (Å²) in [5.41, 5.74) is 1.14. The number of amides is 1. The number of benzene rings is 1. The van der Waals surface area contributed by atoms with Gasteiger partial charge in [-0.25, -0.2) is 0 Å². The van der Waals surface area contributed by atoms with Gasteiger partial charge in [0.25, 0.3) is 0 Å². The van der Waals surface area contributed by atoms with Gasteiger partial charge in [-0.2, -0.15) is 0 Å². The molecular weight excluding hydrogens is 268 g/mol. The van der Waals surface area contributed by atoms with Crippen molar-refractivity contribution in [2.75, 3.05) is 26.9 Å². The van der Waals surface area contributed by atoms with Gasteiger partial charge < -0.3 is 19.7 Å². The number of carbonyl (C=O) groups is 1. The van der Waals surface area contributed by atoms with Crippen LogP contribution in [0.2, 0.25) is 0 Å². The van der Waals surface area contributed by atoms with Crippen molar-refractivity contribution in [1.29, 1.82) is 0 Å². The van der Waals surface area contributed by atoms with Gasteiger partial charge in [-0.3, -0.25) is 4.79 Å². The molecule has 5 nitrogen and oxygen atoms in total. The first-order valence-corrected chi connectivity index (χ1v) is 7.55. The summed E-state index contributed by atoms with van der Waals surface area (Å²) < 4.78 is 10.8. The van der Waals surface area contributed by atoms with E-state index in [9.17, 15) is 4.79 Å². The Hall–Kier alpha value is -1.75. The smallest absolute Gasteiger partial charge is 0.231 e. The molecule has 2 aliphatic heterocycles. The lowest BCUT2D eigenvalue weighted by Crippen LogP contribution is -2.38. The standard InChI is InChI=1S/C16H22N2O3/c1-11(9-17-2)16(19)18-7-3-4-13(18)12-5-6-14-15(8-12)21-10-20-14/h5-6,8,11,13,17H,3-4,7,9-10H2,1-2H3. The Morgan fingerprint density at radius 1 is 1.43 bits per heavy atom. The highest BCUT2D eigenvalue weighted by Crippen LogP contribution is 2.39. The molecule has 0 aromatic heterocycles. The van der Waals surface area contributed by atoms with Gasteiger partial charge in [0, 0.05) is 19.0 Å². The SMILES string of the molecule is CNCC(C)C(=O)N1CCCC1c1ccc2c(c1)OCO2. The topological polar surface area (TPSA) is 50.8 Å². The van der Waals surface area contributed by atoms with Crippen LogP contribution in [0.4, 0.5) is 0 Å². The van der Waals surface area contributed by atoms with Crippen molar-refractivity contribution in [3.8, 4) is 11.5 Å². The molecule has 1 N–H and O–H groups in total. The van der Waals surface area contributed by atoms with E-state index in [0.717, 1.165) is 36.4 Å². The van der Waals surface area contributed by atoms with E-state index < -0.39 is 0 Å². The highest BCUT2D eigenvalue weighted by Gasteiger charge is 2.32. The third-order valence-corrected chi connectivity index (χ3v) is 4.25. The van der Waals surface area contributed by atoms with E-state index >= 15 is 0 Å². The van der Waals surface area contributed by atoms with Crippen LogP contribution in [0.1, 0.15) is 31.4 Å². The highest BCUT2D eigenvalue weighted by atomic mass is 16.7. The maximum Gasteiger partial charge on any atom is 0.231 e. The Morgan fingerprint density at radius 3 is 3.05 bits per heavy atom. The molecule has 114 valence electrons. The summed E-state index contributed by atoms with van der Waals surface area (Å²) in [6.07, 6.45) is 2.06. The monoisotopic (exact) mass is 290 g/mol. The summed E-state index contributed by atoms with van der Waals surface area (Å²) >= 11 is 0. The zero-order valence-electron chi connectivity index (χ0n) is 12.6. The second kappa shape index (κ2) is 5.93. The number of nitrogens with one attached hydrogen (secondary N) is 1. The fraction of sp³-hybridized carbons (Fsp3) is 0.562. The van der Waals surface area contributed by atoms with Gasteiger partial charge in [-0.15, -0.1) is 0 Å². The van der Waals surface area contributed by atoms with Crippen LogP contribution in [-0.4, -0.2) is 37.7 Å². The van der Waals surface area contributed by atoms with Crippen LogP contribution in [0, 0.1) is 5.92 Å². The molecule has 1 amide bonds. The Bertz CT molecular complexity index is 532. The number of nitrogens with zero attached hydrogens (tertiary/aromatic N) is 1. The quantitative estimate of drug-likeness (QED) is 0.920. The second-order valence-electron chi connectivity index (χ2n) is 5.76. The fourth-order valence-corrected chi connectivity index (χ4v) is 3.17. The summed E-state index contributed by atoms with van der Waals surface area (Å²) in [4.78, 5) is 14.6. The molecule has 0 spiro atoms. The van der Waals surface area contributed by atoms with Crippen molar-refractivity contribution in [2.24, 2.45) is 5.92 Å². The summed E-state index contributed by atoms with van der Waals surface area (Å²) in [5, 5.41) is 3.08. The lowest BCUT2D eigenvalue weighted by molar-refractivity contribution is -0.135. The number of likely N-dealkylation sites (tertiary alicyclic amines) is 1. The minimum absolute atomic E-state index is 0.00427. The molecule has 21 heavy (non-hydrogen) atoms. The average Bonchev–Trinajstić information content (AvgIpc) is 3.14. The van der Waals surface area contributed by atoms with Gasteiger partial charge in [0.2, 0.25) is 12.7 Å². The largest absolute Gasteiger partial charge is 0.454 e. The molecule has 2 atom stereocenters. The van der Waals surface area contributed by atoms with E-state index in [1.807, 2.05) is 37.1 Å². The van der Waals surface area contributed by atoms with E-state index in [2.05, 4.69) is 5.32 Å². The normalized spacial score (nSPS) is 21.6. The van der Waals surface area contributed by atoms with Crippen LogP contribution in [0.25, 0.3) is 0 Å². The van der Waals surface area contributed by atoms with Crippen LogP contribution >= 0.6 is 0 Å². The molecule has 1 aromatic rings. The van der Waals surface area contributed by atoms with Crippen molar-refractivity contribution in [2.45, 2.75) is 25.8 Å². The van der Waals surface area contributed by atoms with Crippen LogP contribution < -0.4 is 14.8 Å². The molecule has 0 saturated carbocycles. The first-order chi connectivity index (χ1) is 10.2. The molecule has 5 heteroatoms. The van der Waals surface area contributed by atoms with E-state index in [1.165, 1.54) is 0 Å². The third kappa shape index (κ3) is 2.70. The summed E-state index contributed by atoms with van der Waals surface area (Å²) in [5.74, 6) is 1.81. The number of hydrogen-bond acceptors (Lipinski definition) is 4. The van der Waals surface area contributed by atoms with Crippen molar-refractivity contribution in [3.05, 3.63) is 23.8 Å². The average molecular weight is 290 g/mol. The van der Waals surface area contributed by atoms with Crippen molar-refractivity contribution in [3.63, 3.8) is 0 Å². The first kappa shape index (κ1) is 14.2. The number of ether oxygens (including phenoxy) is 2. The predicted octanol–water partition coefficient (Wildman–Crippen LogP) is 1.93. The summed E-state index contributed by atoms with van der Waals surface area (Å²) in [6, 6.07) is 6.16. The number of carbonyl (C=O) groups excluding carboxylic acids is 1. The highest BCUT2D eigenvalue weighted by molar-refractivity contribution is 5.79. The Kier molecular flexibility index (Phi) is 4.01. The van der Waals surface area contributed by atoms with E-state index in [1.54, 1.807) is 0 Å². The first-order valence-electron chi connectivity index (χ1n) is 7.55. The maximum atomic E-state index is 12.6. The van der Waals surface area contributed by atoms with Crippen molar-refractivity contribution in [1.82, 2.24) is 10.2 Å². The summed E-state index contributed by atoms with van der Waals surface area (Å²) in [6.45, 7) is 3.81. The van der Waals surface area contributed by atoms with Gasteiger partial charge in [-0.1, -0.05) is 13.0 Å². The van der Waals surface area contributed by atoms with Crippen molar-refractivity contribution < 1.29 is 14.3 Å². The van der Waals surface area contributed by atoms with Crippen LogP contribution in [0.15, 0.2) is 18.2 Å². The minimum atomic E-state index is 0.00427. The van der Waals surface area contributed by atoms with E-state index in [-0.39, 0.29) is 24.7 Å². The van der Waals surface area contributed by atoms with Gasteiger partial charge in [0.15, 0.2) is 11.5 Å². The number of hydrogen-bond donors (Lipinski definition) is 1. The zero-order valence-corrected chi connectivity index (χ0v) is 12.6. The predicted molar refractivity (Wildman–Crippen MR) is 79.3 cm³/mol. The minimum Gasteiger partial charge on any atom is -0.454 e. The van der Waals surface area contributed by atoms with E-state index in [4.69, 9.17) is 9.47 Å². The Morgan fingerprint density at radius 2 is 2.24 bits per heavy atom. The Labute approximate surface area is 125 Å². The molecule has 1 fully saturated rings. The molecule has 0 radical (unpaired) electrons. The van der Waals surface area contributed by atoms with Gasteiger partial charge in [0.05, 0.1) is 6.04 Å². The second-order valence-corrected chi connectivity index (χ2v) is 5.76. The number of fused-ring (bicyclic) bond motifs is 1. The molecule has 3 rings (SSSR count). The molecule has 0 aliphatic carbocycles. The number of rotatable bonds is 4. The Balaban J connectivity index is 1.79. The molecular formula is C16H22N2O3. The third-order valence-electron chi connectivity index (χ3n) is 4.25. The van der Waals surface area contributed by atoms with Crippen molar-refractivity contribution >= 4 is 5.91 Å². The molecule has 2 heterocycles. The summed E-state index contributed by atoms with van der Waals surface area (Å²) in [7, 11) is 1.88. The van der Waals surface area contributed by atoms with Gasteiger partial charge in [-0.05, 0) is 37.6 Å². The van der Waals surface area contributed by atoms with Gasteiger partial charge in [0.1, 0.15) is 0 Å². The lowest BCUT2D eigenvalue weighted by Gasteiger charge is -2.28. The molecule has 1 saturated heterocycles. The van der Waals surface area contributed by atoms with Crippen LogP contribution in [-0.2, 0) is 4.79 Å². The molecule has 2 aliphatic rings.